The predicted octanol–water partition coefficient (Wildman–Crippen LogP) is 1.45. The van der Waals surface area contributed by atoms with Gasteiger partial charge in [0.15, 0.2) is 0 Å². The van der Waals surface area contributed by atoms with Crippen LogP contribution in [-0.2, 0) is 14.8 Å². The number of primary sulfonamides is 1. The summed E-state index contributed by atoms with van der Waals surface area (Å²) in [6, 6.07) is 2.43. The molecule has 3 N–H and O–H groups in total. The van der Waals surface area contributed by atoms with Gasteiger partial charge < -0.3 is 10.1 Å². The minimum absolute atomic E-state index is 0.132. The summed E-state index contributed by atoms with van der Waals surface area (Å²) in [5, 5.41) is 7.98. The van der Waals surface area contributed by atoms with Crippen molar-refractivity contribution in [2.24, 2.45) is 5.14 Å². The Morgan fingerprint density at radius 1 is 1.48 bits per heavy atom. The van der Waals surface area contributed by atoms with Crippen molar-refractivity contribution in [3.8, 4) is 0 Å². The molecule has 0 radical (unpaired) electrons. The minimum atomic E-state index is -3.94. The first-order valence-corrected chi connectivity index (χ1v) is 8.30. The minimum Gasteiger partial charge on any atom is -0.380 e. The molecule has 0 aliphatic heterocycles. The van der Waals surface area contributed by atoms with Crippen molar-refractivity contribution >= 4 is 27.5 Å². The average molecular weight is 335 g/mol. The maximum atomic E-state index is 12.2. The summed E-state index contributed by atoms with van der Waals surface area (Å²) in [4.78, 5) is 12.1. The summed E-state index contributed by atoms with van der Waals surface area (Å²) in [6.07, 6.45) is 0. The van der Waals surface area contributed by atoms with E-state index in [1.54, 1.807) is 6.92 Å². The van der Waals surface area contributed by atoms with E-state index >= 15 is 0 Å². The van der Waals surface area contributed by atoms with Crippen LogP contribution in [-0.4, -0.2) is 33.6 Å². The van der Waals surface area contributed by atoms with E-state index < -0.39 is 15.9 Å². The SMILES string of the molecule is CCOCC(C)NC(=O)c1cc(Cl)cc(S(N)(=O)=O)c1C. The molecule has 0 saturated heterocycles. The number of sulfonamides is 1. The molecule has 118 valence electrons. The van der Waals surface area contributed by atoms with Gasteiger partial charge in [0, 0.05) is 23.2 Å². The monoisotopic (exact) mass is 334 g/mol. The van der Waals surface area contributed by atoms with Crippen LogP contribution in [0.2, 0.25) is 5.02 Å². The number of hydrogen-bond acceptors (Lipinski definition) is 4. The lowest BCUT2D eigenvalue weighted by Crippen LogP contribution is -2.36. The molecule has 1 rings (SSSR count). The van der Waals surface area contributed by atoms with Crippen molar-refractivity contribution in [3.05, 3.63) is 28.3 Å². The van der Waals surface area contributed by atoms with E-state index in [9.17, 15) is 13.2 Å². The van der Waals surface area contributed by atoms with Crippen LogP contribution in [0.3, 0.4) is 0 Å². The van der Waals surface area contributed by atoms with Gasteiger partial charge in [-0.3, -0.25) is 4.79 Å². The smallest absolute Gasteiger partial charge is 0.251 e. The lowest BCUT2D eigenvalue weighted by molar-refractivity contribution is 0.0871. The molecule has 0 bridgehead atoms. The molecular formula is C13H19ClN2O4S. The van der Waals surface area contributed by atoms with Crippen molar-refractivity contribution in [1.82, 2.24) is 5.32 Å². The van der Waals surface area contributed by atoms with Gasteiger partial charge in [-0.15, -0.1) is 0 Å². The first kappa shape index (κ1) is 17.9. The highest BCUT2D eigenvalue weighted by molar-refractivity contribution is 7.89. The first-order valence-electron chi connectivity index (χ1n) is 6.38. The third kappa shape index (κ3) is 4.96. The molecule has 0 spiro atoms. The van der Waals surface area contributed by atoms with Gasteiger partial charge in [-0.05, 0) is 38.5 Å². The van der Waals surface area contributed by atoms with Crippen molar-refractivity contribution in [2.45, 2.75) is 31.7 Å². The molecule has 1 aromatic carbocycles. The second-order valence-corrected chi connectivity index (χ2v) is 6.62. The standard InChI is InChI=1S/C13H19ClN2O4S/c1-4-20-7-8(2)16-13(17)11-5-10(14)6-12(9(11)3)21(15,18)19/h5-6,8H,4,7H2,1-3H3,(H,16,17)(H2,15,18,19). The number of ether oxygens (including phenoxy) is 1. The Morgan fingerprint density at radius 2 is 2.10 bits per heavy atom. The van der Waals surface area contributed by atoms with Crippen LogP contribution in [0.1, 0.15) is 29.8 Å². The Balaban J connectivity index is 3.08. The van der Waals surface area contributed by atoms with Crippen LogP contribution in [0, 0.1) is 6.92 Å². The molecule has 1 aromatic rings. The number of benzene rings is 1. The molecule has 0 heterocycles. The third-order valence-corrected chi connectivity index (χ3v) is 4.08. The van der Waals surface area contributed by atoms with Gasteiger partial charge in [-0.1, -0.05) is 11.6 Å². The molecule has 6 nitrogen and oxygen atoms in total. The Morgan fingerprint density at radius 3 is 2.62 bits per heavy atom. The van der Waals surface area contributed by atoms with E-state index in [0.29, 0.717) is 13.2 Å². The van der Waals surface area contributed by atoms with E-state index in [2.05, 4.69) is 5.32 Å². The predicted molar refractivity (Wildman–Crippen MR) is 81.0 cm³/mol. The topological polar surface area (TPSA) is 98.5 Å². The van der Waals surface area contributed by atoms with Crippen LogP contribution in [0.25, 0.3) is 0 Å². The van der Waals surface area contributed by atoms with Crippen LogP contribution < -0.4 is 10.5 Å². The summed E-state index contributed by atoms with van der Waals surface area (Å²) >= 11 is 5.87. The van der Waals surface area contributed by atoms with Gasteiger partial charge in [0.05, 0.1) is 11.5 Å². The molecule has 0 aliphatic rings. The number of hydrogen-bond donors (Lipinski definition) is 2. The molecule has 1 unspecified atom stereocenters. The summed E-state index contributed by atoms with van der Waals surface area (Å²) in [6.45, 7) is 6.07. The van der Waals surface area contributed by atoms with Gasteiger partial charge in [0.25, 0.3) is 5.91 Å². The van der Waals surface area contributed by atoms with Crippen molar-refractivity contribution < 1.29 is 17.9 Å². The zero-order chi connectivity index (χ0) is 16.2. The van der Waals surface area contributed by atoms with E-state index in [-0.39, 0.29) is 27.1 Å². The fraction of sp³-hybridized carbons (Fsp3) is 0.462. The highest BCUT2D eigenvalue weighted by Gasteiger charge is 2.20. The second-order valence-electron chi connectivity index (χ2n) is 4.66. The van der Waals surface area contributed by atoms with Gasteiger partial charge in [-0.2, -0.15) is 0 Å². The number of rotatable bonds is 6. The second kappa shape index (κ2) is 7.22. The fourth-order valence-electron chi connectivity index (χ4n) is 1.82. The summed E-state index contributed by atoms with van der Waals surface area (Å²) in [5.41, 5.74) is 0.442. The normalized spacial score (nSPS) is 13.0. The van der Waals surface area contributed by atoms with Gasteiger partial charge in [-0.25, -0.2) is 13.6 Å². The maximum absolute atomic E-state index is 12.2. The van der Waals surface area contributed by atoms with E-state index in [1.807, 2.05) is 6.92 Å². The first-order chi connectivity index (χ1) is 9.66. The van der Waals surface area contributed by atoms with E-state index in [1.165, 1.54) is 19.1 Å². The number of carbonyl (C=O) groups excluding carboxylic acids is 1. The number of halogens is 1. The zero-order valence-electron chi connectivity index (χ0n) is 12.1. The maximum Gasteiger partial charge on any atom is 0.251 e. The van der Waals surface area contributed by atoms with Gasteiger partial charge >= 0.3 is 0 Å². The van der Waals surface area contributed by atoms with Crippen molar-refractivity contribution in [2.75, 3.05) is 13.2 Å². The molecule has 0 aromatic heterocycles. The van der Waals surface area contributed by atoms with Crippen molar-refractivity contribution in [3.63, 3.8) is 0 Å². The summed E-state index contributed by atoms with van der Waals surface area (Å²) in [5.74, 6) is -0.424. The van der Waals surface area contributed by atoms with Gasteiger partial charge in [0.2, 0.25) is 10.0 Å². The number of carbonyl (C=O) groups is 1. The highest BCUT2D eigenvalue weighted by atomic mass is 35.5. The Kier molecular flexibility index (Phi) is 6.15. The lowest BCUT2D eigenvalue weighted by Gasteiger charge is -2.16. The summed E-state index contributed by atoms with van der Waals surface area (Å²) in [7, 11) is -3.94. The molecular weight excluding hydrogens is 316 g/mol. The van der Waals surface area contributed by atoms with Crippen LogP contribution in [0.15, 0.2) is 17.0 Å². The zero-order valence-corrected chi connectivity index (χ0v) is 13.7. The Bertz CT molecular complexity index is 631. The highest BCUT2D eigenvalue weighted by Crippen LogP contribution is 2.23. The summed E-state index contributed by atoms with van der Waals surface area (Å²) < 4.78 is 28.2. The molecule has 21 heavy (non-hydrogen) atoms. The molecule has 8 heteroatoms. The van der Waals surface area contributed by atoms with Crippen molar-refractivity contribution in [1.29, 1.82) is 0 Å². The number of amides is 1. The molecule has 1 amide bonds. The lowest BCUT2D eigenvalue weighted by atomic mass is 10.1. The quantitative estimate of drug-likeness (QED) is 0.822. The van der Waals surface area contributed by atoms with Crippen LogP contribution >= 0.6 is 11.6 Å². The molecule has 0 fully saturated rings. The van der Waals surface area contributed by atoms with Gasteiger partial charge in [0.1, 0.15) is 0 Å². The molecule has 0 saturated carbocycles. The Labute approximate surface area is 129 Å². The van der Waals surface area contributed by atoms with Crippen LogP contribution in [0.4, 0.5) is 0 Å². The largest absolute Gasteiger partial charge is 0.380 e. The molecule has 0 aliphatic carbocycles. The Hall–Kier alpha value is -1.15. The fourth-order valence-corrected chi connectivity index (χ4v) is 2.93. The average Bonchev–Trinajstić information content (AvgIpc) is 2.37. The van der Waals surface area contributed by atoms with Crippen LogP contribution in [0.5, 0.6) is 0 Å². The van der Waals surface area contributed by atoms with E-state index in [0.717, 1.165) is 0 Å². The number of nitrogens with one attached hydrogen (secondary N) is 1. The molecule has 1 atom stereocenters. The number of nitrogens with two attached hydrogens (primary N) is 1. The third-order valence-electron chi connectivity index (χ3n) is 2.83. The van der Waals surface area contributed by atoms with E-state index in [4.69, 9.17) is 21.5 Å².